The summed E-state index contributed by atoms with van der Waals surface area (Å²) in [5, 5.41) is 0. The molecule has 4 rings (SSSR count). The summed E-state index contributed by atoms with van der Waals surface area (Å²) in [5.74, 6) is 1.98. The van der Waals surface area contributed by atoms with Crippen molar-refractivity contribution in [3.05, 3.63) is 54.4 Å². The Balaban J connectivity index is 1.67. The first-order valence-corrected chi connectivity index (χ1v) is 10.1. The predicted octanol–water partition coefficient (Wildman–Crippen LogP) is 4.76. The number of anilines is 1. The number of hydrogen-bond acceptors (Lipinski definition) is 3. The zero-order chi connectivity index (χ0) is 19.5. The molecule has 2 heterocycles. The normalized spacial score (nSPS) is 16.9. The molecule has 1 fully saturated rings. The lowest BCUT2D eigenvalue weighted by atomic mass is 10.1. The summed E-state index contributed by atoms with van der Waals surface area (Å²) in [6, 6.07) is 16.0. The molecule has 0 radical (unpaired) electrons. The molecule has 1 aromatic heterocycles. The third kappa shape index (κ3) is 3.37. The highest BCUT2D eigenvalue weighted by Gasteiger charge is 2.35. The number of amides is 1. The highest BCUT2D eigenvalue weighted by molar-refractivity contribution is 5.97. The standard InChI is InChI=1S/C23H27N3O2/c1-3-4-9-14-25-19-11-6-5-10-18(19)24-23(25)17-15-22(27)26(16-17)20-12-7-8-13-21(20)28-2/h5-8,10-13,17H,3-4,9,14-16H2,1-2H3/t17-/m0/s1. The molecule has 0 N–H and O–H groups in total. The fourth-order valence-electron chi connectivity index (χ4n) is 4.13. The van der Waals surface area contributed by atoms with Gasteiger partial charge in [-0.1, -0.05) is 44.0 Å². The first-order chi connectivity index (χ1) is 13.7. The van der Waals surface area contributed by atoms with Gasteiger partial charge < -0.3 is 14.2 Å². The van der Waals surface area contributed by atoms with Crippen molar-refractivity contribution in [1.82, 2.24) is 9.55 Å². The Kier molecular flexibility index (Phi) is 5.33. The number of aromatic nitrogens is 2. The van der Waals surface area contributed by atoms with Crippen molar-refractivity contribution in [2.45, 2.75) is 45.1 Å². The maximum absolute atomic E-state index is 12.8. The van der Waals surface area contributed by atoms with Crippen LogP contribution >= 0.6 is 0 Å². The first-order valence-electron chi connectivity index (χ1n) is 10.1. The summed E-state index contributed by atoms with van der Waals surface area (Å²) in [5.41, 5.74) is 3.01. The Bertz CT molecular complexity index is 979. The van der Waals surface area contributed by atoms with Crippen LogP contribution in [0.2, 0.25) is 0 Å². The predicted molar refractivity (Wildman–Crippen MR) is 112 cm³/mol. The van der Waals surface area contributed by atoms with E-state index in [2.05, 4.69) is 29.7 Å². The van der Waals surface area contributed by atoms with E-state index in [1.165, 1.54) is 12.8 Å². The number of benzene rings is 2. The number of imidazole rings is 1. The number of aryl methyl sites for hydroxylation is 1. The largest absolute Gasteiger partial charge is 0.495 e. The first kappa shape index (κ1) is 18.5. The summed E-state index contributed by atoms with van der Waals surface area (Å²) < 4.78 is 7.80. The summed E-state index contributed by atoms with van der Waals surface area (Å²) in [4.78, 5) is 19.6. The number of para-hydroxylation sites is 4. The third-order valence-corrected chi connectivity index (χ3v) is 5.54. The fourth-order valence-corrected chi connectivity index (χ4v) is 4.13. The number of fused-ring (bicyclic) bond motifs is 1. The minimum atomic E-state index is 0.0893. The van der Waals surface area contributed by atoms with Crippen molar-refractivity contribution in [2.75, 3.05) is 18.6 Å². The van der Waals surface area contributed by atoms with Crippen molar-refractivity contribution in [2.24, 2.45) is 0 Å². The molecule has 0 saturated carbocycles. The summed E-state index contributed by atoms with van der Waals surface area (Å²) in [6.45, 7) is 3.80. The van der Waals surface area contributed by atoms with E-state index >= 15 is 0 Å². The molecule has 0 bridgehead atoms. The Morgan fingerprint density at radius 1 is 1.11 bits per heavy atom. The molecule has 0 spiro atoms. The molecule has 0 aliphatic carbocycles. The van der Waals surface area contributed by atoms with Gasteiger partial charge in [-0.25, -0.2) is 4.98 Å². The van der Waals surface area contributed by atoms with Gasteiger partial charge in [0.05, 0.1) is 23.8 Å². The van der Waals surface area contributed by atoms with Gasteiger partial charge in [0.2, 0.25) is 5.91 Å². The number of unbranched alkanes of at least 4 members (excludes halogenated alkanes) is 2. The van der Waals surface area contributed by atoms with Crippen LogP contribution in [0.1, 0.15) is 44.3 Å². The molecule has 2 aromatic carbocycles. The zero-order valence-corrected chi connectivity index (χ0v) is 16.6. The highest BCUT2D eigenvalue weighted by atomic mass is 16.5. The molecule has 0 unspecified atom stereocenters. The van der Waals surface area contributed by atoms with Crippen molar-refractivity contribution >= 4 is 22.6 Å². The van der Waals surface area contributed by atoms with Gasteiger partial charge in [0.1, 0.15) is 11.6 Å². The van der Waals surface area contributed by atoms with E-state index in [0.717, 1.165) is 41.3 Å². The zero-order valence-electron chi connectivity index (χ0n) is 16.6. The summed E-state index contributed by atoms with van der Waals surface area (Å²) in [7, 11) is 1.64. The van der Waals surface area contributed by atoms with Gasteiger partial charge in [-0.2, -0.15) is 0 Å². The molecule has 1 amide bonds. The molecule has 1 aliphatic rings. The number of hydrogen-bond donors (Lipinski definition) is 0. The van der Waals surface area contributed by atoms with E-state index in [9.17, 15) is 4.79 Å². The van der Waals surface area contributed by atoms with E-state index in [1.807, 2.05) is 35.2 Å². The van der Waals surface area contributed by atoms with Crippen LogP contribution in [0.15, 0.2) is 48.5 Å². The molecular formula is C23H27N3O2. The molecule has 1 aliphatic heterocycles. The Morgan fingerprint density at radius 3 is 2.71 bits per heavy atom. The SMILES string of the molecule is CCCCCn1c([C@H]2CC(=O)N(c3ccccc3OC)C2)nc2ccccc21. The van der Waals surface area contributed by atoms with E-state index < -0.39 is 0 Å². The smallest absolute Gasteiger partial charge is 0.227 e. The highest BCUT2D eigenvalue weighted by Crippen LogP contribution is 2.37. The van der Waals surface area contributed by atoms with Gasteiger partial charge in [0.25, 0.3) is 0 Å². The van der Waals surface area contributed by atoms with Gasteiger partial charge in [-0.15, -0.1) is 0 Å². The van der Waals surface area contributed by atoms with Crippen molar-refractivity contribution < 1.29 is 9.53 Å². The second-order valence-corrected chi connectivity index (χ2v) is 7.39. The molecule has 146 valence electrons. The maximum Gasteiger partial charge on any atom is 0.227 e. The lowest BCUT2D eigenvalue weighted by Gasteiger charge is -2.19. The van der Waals surface area contributed by atoms with Crippen LogP contribution < -0.4 is 9.64 Å². The van der Waals surface area contributed by atoms with Crippen LogP contribution in [0.5, 0.6) is 5.75 Å². The Labute approximate surface area is 165 Å². The Hall–Kier alpha value is -2.82. The van der Waals surface area contributed by atoms with E-state index in [1.54, 1.807) is 7.11 Å². The molecule has 5 nitrogen and oxygen atoms in total. The van der Waals surface area contributed by atoms with Gasteiger partial charge in [-0.3, -0.25) is 4.79 Å². The lowest BCUT2D eigenvalue weighted by molar-refractivity contribution is -0.117. The number of carbonyl (C=O) groups is 1. The second kappa shape index (κ2) is 8.05. The third-order valence-electron chi connectivity index (χ3n) is 5.54. The molecule has 5 heteroatoms. The van der Waals surface area contributed by atoms with Gasteiger partial charge >= 0.3 is 0 Å². The van der Waals surface area contributed by atoms with E-state index in [0.29, 0.717) is 13.0 Å². The number of nitrogens with zero attached hydrogens (tertiary/aromatic N) is 3. The summed E-state index contributed by atoms with van der Waals surface area (Å²) in [6.07, 6.45) is 3.99. The minimum Gasteiger partial charge on any atom is -0.495 e. The van der Waals surface area contributed by atoms with E-state index in [4.69, 9.17) is 9.72 Å². The van der Waals surface area contributed by atoms with Crippen molar-refractivity contribution in [1.29, 1.82) is 0 Å². The molecule has 1 saturated heterocycles. The van der Waals surface area contributed by atoms with Gasteiger partial charge in [-0.05, 0) is 30.7 Å². The van der Waals surface area contributed by atoms with Crippen LogP contribution in [-0.2, 0) is 11.3 Å². The Morgan fingerprint density at radius 2 is 1.89 bits per heavy atom. The molecule has 3 aromatic rings. The number of methoxy groups -OCH3 is 1. The molecule has 28 heavy (non-hydrogen) atoms. The van der Waals surface area contributed by atoms with Crippen LogP contribution in [0.25, 0.3) is 11.0 Å². The maximum atomic E-state index is 12.8. The molecule has 1 atom stereocenters. The molecular weight excluding hydrogens is 350 g/mol. The number of carbonyl (C=O) groups excluding carboxylic acids is 1. The quantitative estimate of drug-likeness (QED) is 0.558. The van der Waals surface area contributed by atoms with Crippen LogP contribution in [-0.4, -0.2) is 29.1 Å². The van der Waals surface area contributed by atoms with Crippen molar-refractivity contribution in [3.63, 3.8) is 0 Å². The summed E-state index contributed by atoms with van der Waals surface area (Å²) >= 11 is 0. The van der Waals surface area contributed by atoms with Crippen LogP contribution in [0.3, 0.4) is 0 Å². The second-order valence-electron chi connectivity index (χ2n) is 7.39. The number of rotatable bonds is 7. The average Bonchev–Trinajstić information content (AvgIpc) is 3.29. The van der Waals surface area contributed by atoms with E-state index in [-0.39, 0.29) is 11.8 Å². The van der Waals surface area contributed by atoms with Crippen molar-refractivity contribution in [3.8, 4) is 5.75 Å². The number of ether oxygens (including phenoxy) is 1. The minimum absolute atomic E-state index is 0.0893. The lowest BCUT2D eigenvalue weighted by Crippen LogP contribution is -2.25. The average molecular weight is 377 g/mol. The topological polar surface area (TPSA) is 47.4 Å². The fraction of sp³-hybridized carbons (Fsp3) is 0.391. The van der Waals surface area contributed by atoms with Crippen LogP contribution in [0, 0.1) is 0 Å². The monoisotopic (exact) mass is 377 g/mol. The van der Waals surface area contributed by atoms with Crippen LogP contribution in [0.4, 0.5) is 5.69 Å². The van der Waals surface area contributed by atoms with Gasteiger partial charge in [0, 0.05) is 25.4 Å². The van der Waals surface area contributed by atoms with Gasteiger partial charge in [0.15, 0.2) is 0 Å².